The van der Waals surface area contributed by atoms with Gasteiger partial charge in [-0.25, -0.2) is 9.97 Å². The van der Waals surface area contributed by atoms with Crippen LogP contribution in [0.15, 0.2) is 59.4 Å². The lowest BCUT2D eigenvalue weighted by Crippen LogP contribution is -2.20. The number of hydrogen-bond acceptors (Lipinski definition) is 5. The van der Waals surface area contributed by atoms with Gasteiger partial charge >= 0.3 is 0 Å². The van der Waals surface area contributed by atoms with E-state index in [0.29, 0.717) is 12.2 Å². The van der Waals surface area contributed by atoms with Crippen molar-refractivity contribution in [1.29, 1.82) is 5.41 Å². The third-order valence-electron chi connectivity index (χ3n) is 5.02. The molecule has 2 heterocycles. The van der Waals surface area contributed by atoms with Gasteiger partial charge in [-0.1, -0.05) is 50.2 Å². The van der Waals surface area contributed by atoms with Crippen molar-refractivity contribution >= 4 is 28.4 Å². The maximum absolute atomic E-state index is 8.23. The Kier molecular flexibility index (Phi) is 5.42. The lowest BCUT2D eigenvalue weighted by atomic mass is 9.93. The van der Waals surface area contributed by atoms with Crippen LogP contribution in [0.4, 0.5) is 11.5 Å². The van der Waals surface area contributed by atoms with Crippen LogP contribution in [-0.2, 0) is 11.8 Å². The first kappa shape index (κ1) is 20.5. The van der Waals surface area contributed by atoms with Gasteiger partial charge in [0.15, 0.2) is 11.8 Å². The van der Waals surface area contributed by atoms with E-state index in [2.05, 4.69) is 65.6 Å². The Hall–Kier alpha value is -3.74. The molecule has 0 bridgehead atoms. The minimum atomic E-state index is -0.138. The number of aromatic nitrogens is 3. The summed E-state index contributed by atoms with van der Waals surface area (Å²) in [5.74, 6) is 1.38. The maximum atomic E-state index is 8.23. The molecule has 158 valence electrons. The van der Waals surface area contributed by atoms with Crippen LogP contribution in [-0.4, -0.2) is 21.1 Å². The summed E-state index contributed by atoms with van der Waals surface area (Å²) in [6.45, 7) is 8.23. The van der Waals surface area contributed by atoms with Crippen LogP contribution >= 0.6 is 0 Å². The van der Waals surface area contributed by atoms with Gasteiger partial charge < -0.3 is 15.2 Å². The summed E-state index contributed by atoms with van der Waals surface area (Å²) in [6.07, 6.45) is 2.29. The van der Waals surface area contributed by atoms with E-state index in [1.54, 1.807) is 6.33 Å². The molecule has 0 aliphatic carbocycles. The fraction of sp³-hybridized carbons (Fsp3) is 0.250. The zero-order valence-corrected chi connectivity index (χ0v) is 18.2. The van der Waals surface area contributed by atoms with E-state index in [9.17, 15) is 0 Å². The van der Waals surface area contributed by atoms with Crippen molar-refractivity contribution in [1.82, 2.24) is 15.1 Å². The summed E-state index contributed by atoms with van der Waals surface area (Å²) in [6, 6.07) is 15.9. The predicted octanol–water partition coefficient (Wildman–Crippen LogP) is 5.27. The van der Waals surface area contributed by atoms with Crippen molar-refractivity contribution in [3.8, 4) is 0 Å². The van der Waals surface area contributed by atoms with Gasteiger partial charge in [-0.2, -0.15) is 0 Å². The van der Waals surface area contributed by atoms with E-state index in [0.717, 1.165) is 39.2 Å². The zero-order chi connectivity index (χ0) is 22.0. The molecule has 31 heavy (non-hydrogen) atoms. The molecule has 0 atom stereocenters. The monoisotopic (exact) mass is 414 g/mol. The highest BCUT2D eigenvalue weighted by molar-refractivity contribution is 6.00. The Morgan fingerprint density at radius 3 is 2.61 bits per heavy atom. The SMILES string of the molecule is Cc1cccc2ncnc(Cc3cccc(NC(=N)Nc4cc(C(C)(C)C)on4)c3)c12. The number of nitrogens with zero attached hydrogens (tertiary/aromatic N) is 3. The summed E-state index contributed by atoms with van der Waals surface area (Å²) in [7, 11) is 0. The molecule has 0 unspecified atom stereocenters. The van der Waals surface area contributed by atoms with Gasteiger partial charge in [0, 0.05) is 29.0 Å². The van der Waals surface area contributed by atoms with Crippen molar-refractivity contribution in [3.05, 3.63) is 77.4 Å². The molecule has 2 aromatic carbocycles. The Balaban J connectivity index is 1.48. The van der Waals surface area contributed by atoms with Gasteiger partial charge in [0.1, 0.15) is 12.1 Å². The molecule has 7 heteroatoms. The van der Waals surface area contributed by atoms with Gasteiger partial charge in [0.2, 0.25) is 0 Å². The molecule has 7 nitrogen and oxygen atoms in total. The maximum Gasteiger partial charge on any atom is 0.198 e. The lowest BCUT2D eigenvalue weighted by molar-refractivity contribution is 0.331. The van der Waals surface area contributed by atoms with Gasteiger partial charge in [0.25, 0.3) is 0 Å². The smallest absolute Gasteiger partial charge is 0.198 e. The predicted molar refractivity (Wildman–Crippen MR) is 124 cm³/mol. The second-order valence-electron chi connectivity index (χ2n) is 8.62. The van der Waals surface area contributed by atoms with E-state index in [1.165, 1.54) is 0 Å². The van der Waals surface area contributed by atoms with Crippen molar-refractivity contribution in [2.45, 2.75) is 39.5 Å². The second kappa shape index (κ2) is 8.18. The normalized spacial score (nSPS) is 11.5. The van der Waals surface area contributed by atoms with Crippen LogP contribution in [0.5, 0.6) is 0 Å². The molecule has 0 spiro atoms. The molecule has 0 aliphatic rings. The van der Waals surface area contributed by atoms with E-state index in [1.807, 2.05) is 36.4 Å². The van der Waals surface area contributed by atoms with E-state index in [4.69, 9.17) is 9.93 Å². The highest BCUT2D eigenvalue weighted by Crippen LogP contribution is 2.25. The summed E-state index contributed by atoms with van der Waals surface area (Å²) in [5, 5.41) is 19.3. The van der Waals surface area contributed by atoms with Gasteiger partial charge in [-0.3, -0.25) is 5.41 Å². The first-order valence-electron chi connectivity index (χ1n) is 10.2. The first-order chi connectivity index (χ1) is 14.8. The van der Waals surface area contributed by atoms with Gasteiger partial charge in [-0.05, 0) is 36.2 Å². The molecule has 4 rings (SSSR count). The van der Waals surface area contributed by atoms with E-state index < -0.39 is 0 Å². The van der Waals surface area contributed by atoms with Crippen molar-refractivity contribution < 1.29 is 4.52 Å². The molecule has 0 radical (unpaired) electrons. The Labute approximate surface area is 181 Å². The summed E-state index contributed by atoms with van der Waals surface area (Å²) in [4.78, 5) is 8.91. The average molecular weight is 415 g/mol. The topological polar surface area (TPSA) is 99.7 Å². The molecular formula is C24H26N6O. The molecule has 0 fully saturated rings. The second-order valence-corrected chi connectivity index (χ2v) is 8.62. The molecule has 2 aromatic heterocycles. The first-order valence-corrected chi connectivity index (χ1v) is 10.2. The van der Waals surface area contributed by atoms with Gasteiger partial charge in [-0.15, -0.1) is 0 Å². The molecule has 0 amide bonds. The fourth-order valence-corrected chi connectivity index (χ4v) is 3.44. The average Bonchev–Trinajstić information content (AvgIpc) is 3.17. The van der Waals surface area contributed by atoms with Crippen LogP contribution in [0.2, 0.25) is 0 Å². The van der Waals surface area contributed by atoms with Crippen LogP contribution in [0.1, 0.15) is 43.4 Å². The van der Waals surface area contributed by atoms with Crippen LogP contribution < -0.4 is 10.6 Å². The summed E-state index contributed by atoms with van der Waals surface area (Å²) in [5.41, 5.74) is 4.87. The number of rotatable bonds is 4. The van der Waals surface area contributed by atoms with Crippen molar-refractivity contribution in [3.63, 3.8) is 0 Å². The highest BCUT2D eigenvalue weighted by atomic mass is 16.5. The van der Waals surface area contributed by atoms with Crippen molar-refractivity contribution in [2.24, 2.45) is 0 Å². The molecule has 4 aromatic rings. The summed E-state index contributed by atoms with van der Waals surface area (Å²) >= 11 is 0. The van der Waals surface area contributed by atoms with Crippen LogP contribution in [0, 0.1) is 12.3 Å². The zero-order valence-electron chi connectivity index (χ0n) is 18.2. The van der Waals surface area contributed by atoms with Crippen LogP contribution in [0.3, 0.4) is 0 Å². The molecule has 0 saturated heterocycles. The Morgan fingerprint density at radius 2 is 1.84 bits per heavy atom. The quantitative estimate of drug-likeness (QED) is 0.311. The minimum Gasteiger partial charge on any atom is -0.359 e. The Morgan fingerprint density at radius 1 is 1.03 bits per heavy atom. The number of benzene rings is 2. The molecule has 3 N–H and O–H groups in total. The van der Waals surface area contributed by atoms with E-state index in [-0.39, 0.29) is 11.4 Å². The van der Waals surface area contributed by atoms with Gasteiger partial charge in [0.05, 0.1) is 11.2 Å². The number of nitrogens with one attached hydrogen (secondary N) is 3. The van der Waals surface area contributed by atoms with E-state index >= 15 is 0 Å². The number of anilines is 2. The third kappa shape index (κ3) is 4.71. The number of guanidine groups is 1. The highest BCUT2D eigenvalue weighted by Gasteiger charge is 2.20. The summed E-state index contributed by atoms with van der Waals surface area (Å²) < 4.78 is 5.36. The largest absolute Gasteiger partial charge is 0.359 e. The molecular weight excluding hydrogens is 388 g/mol. The number of aryl methyl sites for hydroxylation is 1. The molecule has 0 aliphatic heterocycles. The van der Waals surface area contributed by atoms with Crippen molar-refractivity contribution in [2.75, 3.05) is 10.6 Å². The third-order valence-corrected chi connectivity index (χ3v) is 5.02. The Bertz CT molecular complexity index is 1230. The fourth-order valence-electron chi connectivity index (χ4n) is 3.44. The minimum absolute atomic E-state index is 0.120. The number of fused-ring (bicyclic) bond motifs is 1. The lowest BCUT2D eigenvalue weighted by Gasteiger charge is -2.12. The van der Waals surface area contributed by atoms with Crippen LogP contribution in [0.25, 0.3) is 10.9 Å². The number of hydrogen-bond donors (Lipinski definition) is 3. The standard InChI is InChI=1S/C24H26N6O/c1-15-7-5-10-18-22(15)19(27-14-26-18)12-16-8-6-9-17(11-16)28-23(25)29-21-13-20(31-30-21)24(2,3)4/h5-11,13-14H,12H2,1-4H3,(H3,25,28,29,30). The molecule has 0 saturated carbocycles.